The molecule has 0 unspecified atom stereocenters. The lowest BCUT2D eigenvalue weighted by atomic mass is 10.0. The first kappa shape index (κ1) is 13.6. The number of rotatable bonds is 3. The zero-order chi connectivity index (χ0) is 14.0. The van der Waals surface area contributed by atoms with Crippen molar-refractivity contribution in [2.45, 2.75) is 6.92 Å². The third-order valence-corrected chi connectivity index (χ3v) is 3.26. The second kappa shape index (κ2) is 5.41. The Bertz CT molecular complexity index is 638. The molecule has 0 spiro atoms. The van der Waals surface area contributed by atoms with Gasteiger partial charge in [0.05, 0.1) is 7.11 Å². The predicted octanol–water partition coefficient (Wildman–Crippen LogP) is 4.03. The van der Waals surface area contributed by atoms with E-state index in [9.17, 15) is 9.18 Å². The summed E-state index contributed by atoms with van der Waals surface area (Å²) in [7, 11) is 1.38. The molecule has 0 saturated carbocycles. The van der Waals surface area contributed by atoms with Crippen LogP contribution in [0.3, 0.4) is 0 Å². The number of hydrogen-bond donors (Lipinski definition) is 0. The first-order chi connectivity index (χ1) is 9.02. The van der Waals surface area contributed by atoms with Crippen LogP contribution in [0.1, 0.15) is 21.5 Å². The Morgan fingerprint density at radius 2 is 1.79 bits per heavy atom. The first-order valence-electron chi connectivity index (χ1n) is 5.67. The molecular formula is C15H12ClFO2. The molecule has 0 bridgehead atoms. The fourth-order valence-electron chi connectivity index (χ4n) is 1.76. The van der Waals surface area contributed by atoms with Crippen molar-refractivity contribution in [3.05, 3.63) is 63.9 Å². The SMILES string of the molecule is COc1ccc(C(=O)c2ccc(Cl)c(C)c2)cc1F. The molecule has 0 heterocycles. The van der Waals surface area contributed by atoms with Crippen LogP contribution in [0.4, 0.5) is 4.39 Å². The minimum Gasteiger partial charge on any atom is -0.494 e. The van der Waals surface area contributed by atoms with E-state index in [4.69, 9.17) is 16.3 Å². The molecule has 2 aromatic carbocycles. The van der Waals surface area contributed by atoms with Gasteiger partial charge in [0, 0.05) is 16.1 Å². The highest BCUT2D eigenvalue weighted by atomic mass is 35.5. The predicted molar refractivity (Wildman–Crippen MR) is 72.6 cm³/mol. The van der Waals surface area contributed by atoms with Crippen LogP contribution in [0.15, 0.2) is 36.4 Å². The topological polar surface area (TPSA) is 26.3 Å². The summed E-state index contributed by atoms with van der Waals surface area (Å²) in [6.45, 7) is 1.81. The van der Waals surface area contributed by atoms with Gasteiger partial charge in [-0.2, -0.15) is 0 Å². The molecular weight excluding hydrogens is 267 g/mol. The average molecular weight is 279 g/mol. The third-order valence-electron chi connectivity index (χ3n) is 2.83. The molecule has 0 aliphatic heterocycles. The largest absolute Gasteiger partial charge is 0.494 e. The zero-order valence-corrected chi connectivity index (χ0v) is 11.3. The Labute approximate surface area is 115 Å². The number of ketones is 1. The van der Waals surface area contributed by atoms with Crippen molar-refractivity contribution >= 4 is 17.4 Å². The molecule has 0 saturated heterocycles. The van der Waals surface area contributed by atoms with Gasteiger partial charge in [0.1, 0.15) is 0 Å². The fourth-order valence-corrected chi connectivity index (χ4v) is 1.88. The van der Waals surface area contributed by atoms with Crippen molar-refractivity contribution in [1.82, 2.24) is 0 Å². The fraction of sp³-hybridized carbons (Fsp3) is 0.133. The summed E-state index contributed by atoms with van der Waals surface area (Å²) < 4.78 is 18.4. The lowest BCUT2D eigenvalue weighted by molar-refractivity contribution is 0.103. The van der Waals surface area contributed by atoms with Crippen LogP contribution in [-0.4, -0.2) is 12.9 Å². The van der Waals surface area contributed by atoms with E-state index in [-0.39, 0.29) is 17.1 Å². The number of halogens is 2. The van der Waals surface area contributed by atoms with E-state index in [0.29, 0.717) is 10.6 Å². The van der Waals surface area contributed by atoms with Gasteiger partial charge in [-0.05, 0) is 48.9 Å². The quantitative estimate of drug-likeness (QED) is 0.793. The molecule has 0 amide bonds. The number of carbonyl (C=O) groups is 1. The van der Waals surface area contributed by atoms with Crippen LogP contribution in [0.5, 0.6) is 5.75 Å². The molecule has 98 valence electrons. The lowest BCUT2D eigenvalue weighted by Gasteiger charge is -2.06. The summed E-state index contributed by atoms with van der Waals surface area (Å²) in [5.41, 5.74) is 1.56. The van der Waals surface area contributed by atoms with Gasteiger partial charge in [-0.3, -0.25) is 4.79 Å². The maximum absolute atomic E-state index is 13.6. The molecule has 2 rings (SSSR count). The number of carbonyl (C=O) groups excluding carboxylic acids is 1. The average Bonchev–Trinajstić information content (AvgIpc) is 2.41. The number of hydrogen-bond acceptors (Lipinski definition) is 2. The molecule has 2 aromatic rings. The number of aryl methyl sites for hydroxylation is 1. The van der Waals surface area contributed by atoms with E-state index in [1.165, 1.54) is 25.3 Å². The maximum Gasteiger partial charge on any atom is 0.193 e. The van der Waals surface area contributed by atoms with E-state index in [2.05, 4.69) is 0 Å². The summed E-state index contributed by atoms with van der Waals surface area (Å²) >= 11 is 5.91. The summed E-state index contributed by atoms with van der Waals surface area (Å²) in [4.78, 5) is 12.2. The van der Waals surface area contributed by atoms with Crippen molar-refractivity contribution < 1.29 is 13.9 Å². The first-order valence-corrected chi connectivity index (χ1v) is 6.05. The van der Waals surface area contributed by atoms with Gasteiger partial charge < -0.3 is 4.74 Å². The number of methoxy groups -OCH3 is 1. The molecule has 2 nitrogen and oxygen atoms in total. The van der Waals surface area contributed by atoms with Gasteiger partial charge in [0.2, 0.25) is 0 Å². The molecule has 19 heavy (non-hydrogen) atoms. The van der Waals surface area contributed by atoms with Crippen molar-refractivity contribution in [3.8, 4) is 5.75 Å². The number of benzene rings is 2. The van der Waals surface area contributed by atoms with Gasteiger partial charge in [-0.1, -0.05) is 11.6 Å². The highest BCUT2D eigenvalue weighted by molar-refractivity contribution is 6.31. The summed E-state index contributed by atoms with van der Waals surface area (Å²) in [6, 6.07) is 9.11. The summed E-state index contributed by atoms with van der Waals surface area (Å²) in [5.74, 6) is -0.691. The minimum absolute atomic E-state index is 0.115. The Morgan fingerprint density at radius 3 is 2.37 bits per heavy atom. The normalized spacial score (nSPS) is 10.3. The number of ether oxygens (including phenoxy) is 1. The van der Waals surface area contributed by atoms with E-state index in [1.54, 1.807) is 18.2 Å². The Kier molecular flexibility index (Phi) is 3.86. The van der Waals surface area contributed by atoms with Gasteiger partial charge in [0.15, 0.2) is 17.3 Å². The summed E-state index contributed by atoms with van der Waals surface area (Å²) in [6.07, 6.45) is 0. The standard InChI is InChI=1S/C15H12ClFO2/c1-9-7-10(3-5-12(9)16)15(18)11-4-6-14(19-2)13(17)8-11/h3-8H,1-2H3. The Morgan fingerprint density at radius 1 is 1.16 bits per heavy atom. The maximum atomic E-state index is 13.6. The van der Waals surface area contributed by atoms with E-state index in [1.807, 2.05) is 6.92 Å². The van der Waals surface area contributed by atoms with Crippen molar-refractivity contribution in [2.24, 2.45) is 0 Å². The molecule has 0 radical (unpaired) electrons. The molecule has 0 N–H and O–H groups in total. The Balaban J connectivity index is 2.38. The van der Waals surface area contributed by atoms with Crippen LogP contribution in [0.25, 0.3) is 0 Å². The zero-order valence-electron chi connectivity index (χ0n) is 10.5. The highest BCUT2D eigenvalue weighted by Crippen LogP contribution is 2.22. The third kappa shape index (κ3) is 2.76. The molecule has 0 aliphatic rings. The van der Waals surface area contributed by atoms with Crippen LogP contribution < -0.4 is 4.74 Å². The van der Waals surface area contributed by atoms with Gasteiger partial charge in [-0.15, -0.1) is 0 Å². The second-order valence-corrected chi connectivity index (χ2v) is 4.55. The van der Waals surface area contributed by atoms with Crippen molar-refractivity contribution in [2.75, 3.05) is 7.11 Å². The molecule has 0 atom stereocenters. The van der Waals surface area contributed by atoms with Crippen molar-refractivity contribution in [3.63, 3.8) is 0 Å². The second-order valence-electron chi connectivity index (χ2n) is 4.14. The Hall–Kier alpha value is -1.87. The summed E-state index contributed by atoms with van der Waals surface area (Å²) in [5, 5.41) is 0.595. The lowest BCUT2D eigenvalue weighted by Crippen LogP contribution is -2.03. The smallest absolute Gasteiger partial charge is 0.193 e. The van der Waals surface area contributed by atoms with Crippen LogP contribution >= 0.6 is 11.6 Å². The van der Waals surface area contributed by atoms with E-state index < -0.39 is 5.82 Å². The van der Waals surface area contributed by atoms with Crippen LogP contribution in [0, 0.1) is 12.7 Å². The highest BCUT2D eigenvalue weighted by Gasteiger charge is 2.13. The van der Waals surface area contributed by atoms with E-state index in [0.717, 1.165) is 5.56 Å². The monoisotopic (exact) mass is 278 g/mol. The van der Waals surface area contributed by atoms with Crippen LogP contribution in [0.2, 0.25) is 5.02 Å². The molecule has 4 heteroatoms. The van der Waals surface area contributed by atoms with Crippen LogP contribution in [-0.2, 0) is 0 Å². The minimum atomic E-state index is -0.556. The van der Waals surface area contributed by atoms with Gasteiger partial charge >= 0.3 is 0 Å². The van der Waals surface area contributed by atoms with E-state index >= 15 is 0 Å². The molecule has 0 aromatic heterocycles. The molecule has 0 fully saturated rings. The van der Waals surface area contributed by atoms with Gasteiger partial charge in [0.25, 0.3) is 0 Å². The van der Waals surface area contributed by atoms with Gasteiger partial charge in [-0.25, -0.2) is 4.39 Å². The van der Waals surface area contributed by atoms with Crippen molar-refractivity contribution in [1.29, 1.82) is 0 Å². The molecule has 0 aliphatic carbocycles.